The molecule has 1 unspecified atom stereocenters. The Morgan fingerprint density at radius 3 is 2.40 bits per heavy atom. The molecule has 0 bridgehead atoms. The zero-order valence-corrected chi connectivity index (χ0v) is 8.70. The van der Waals surface area contributed by atoms with Crippen molar-refractivity contribution in [3.05, 3.63) is 30.3 Å². The van der Waals surface area contributed by atoms with E-state index in [4.69, 9.17) is 4.21 Å². The summed E-state index contributed by atoms with van der Waals surface area (Å²) in [4.78, 5) is 0. The fraction of sp³-hybridized carbons (Fsp3) is 0. The highest BCUT2D eigenvalue weighted by molar-refractivity contribution is 7.49. The van der Waals surface area contributed by atoms with E-state index in [1.165, 1.54) is 0 Å². The minimum absolute atomic E-state index is 0.540. The van der Waals surface area contributed by atoms with Gasteiger partial charge < -0.3 is 4.21 Å². The van der Waals surface area contributed by atoms with E-state index < -0.39 is 8.03 Å². The third-order valence-electron chi connectivity index (χ3n) is 1.19. The molecule has 1 atom stereocenters. The summed E-state index contributed by atoms with van der Waals surface area (Å²) in [5.74, 6) is 0. The van der Waals surface area contributed by atoms with Gasteiger partial charge in [-0.1, -0.05) is 18.2 Å². The zero-order chi connectivity index (χ0) is 7.40. The Hall–Kier alpha value is -0.373. The Bertz CT molecular complexity index is 224. The second-order valence-electron chi connectivity index (χ2n) is 1.86. The lowest BCUT2D eigenvalue weighted by atomic mass is 10.4. The van der Waals surface area contributed by atoms with Gasteiger partial charge in [-0.2, -0.15) is 0 Å². The highest BCUT2D eigenvalue weighted by atomic mass is 31.1. The van der Waals surface area contributed by atoms with Crippen LogP contribution in [0.1, 0.15) is 0 Å². The first-order valence-electron chi connectivity index (χ1n) is 2.98. The molecule has 1 aromatic rings. The van der Waals surface area contributed by atoms with Crippen molar-refractivity contribution in [2.24, 2.45) is 0 Å². The van der Waals surface area contributed by atoms with Crippen molar-refractivity contribution in [3.8, 4) is 0 Å². The van der Waals surface area contributed by atoms with Crippen LogP contribution in [0.4, 0.5) is 0 Å². The minimum Gasteiger partial charge on any atom is -0.380 e. The molecule has 1 aromatic carbocycles. The molecule has 0 saturated carbocycles. The second-order valence-corrected chi connectivity index (χ2v) is 4.64. The standard InChI is InChI=1S/C6H9O2PSi/c7-9(8-10)6-4-2-1-3-5-6/h1-5,9H,10H3. The molecule has 2 nitrogen and oxygen atoms in total. The van der Waals surface area contributed by atoms with Crippen LogP contribution in [0.25, 0.3) is 0 Å². The summed E-state index contributed by atoms with van der Waals surface area (Å²) in [6, 6.07) is 9.25. The fourth-order valence-electron chi connectivity index (χ4n) is 0.692. The van der Waals surface area contributed by atoms with Crippen LogP contribution in [0.3, 0.4) is 0 Å². The van der Waals surface area contributed by atoms with Gasteiger partial charge in [-0.15, -0.1) is 0 Å². The van der Waals surface area contributed by atoms with E-state index in [0.29, 0.717) is 10.5 Å². The molecule has 54 valence electrons. The van der Waals surface area contributed by atoms with Crippen LogP contribution in [-0.2, 0) is 8.78 Å². The summed E-state index contributed by atoms with van der Waals surface area (Å²) in [5, 5.41) is 0.808. The van der Waals surface area contributed by atoms with Crippen LogP contribution in [0.5, 0.6) is 0 Å². The molecule has 0 amide bonds. The SMILES string of the molecule is O=[PH](O[SiH3])c1ccccc1. The van der Waals surface area contributed by atoms with Gasteiger partial charge in [0, 0.05) is 5.30 Å². The highest BCUT2D eigenvalue weighted by Gasteiger charge is 1.96. The van der Waals surface area contributed by atoms with Crippen LogP contribution in [0.2, 0.25) is 0 Å². The van der Waals surface area contributed by atoms with Crippen molar-refractivity contribution in [1.82, 2.24) is 0 Å². The molecule has 0 aliphatic heterocycles. The van der Waals surface area contributed by atoms with E-state index in [-0.39, 0.29) is 0 Å². The number of hydrogen-bond donors (Lipinski definition) is 0. The first-order chi connectivity index (χ1) is 4.84. The molecule has 0 fully saturated rings. The minimum atomic E-state index is -1.89. The number of rotatable bonds is 2. The largest absolute Gasteiger partial charge is 0.380 e. The lowest BCUT2D eigenvalue weighted by molar-refractivity contribution is 0.534. The predicted octanol–water partition coefficient (Wildman–Crippen LogP) is 0.0836. The molecular weight excluding hydrogens is 163 g/mol. The van der Waals surface area contributed by atoms with Gasteiger partial charge in [0.15, 0.2) is 10.5 Å². The van der Waals surface area contributed by atoms with Crippen molar-refractivity contribution in [3.63, 3.8) is 0 Å². The first-order valence-corrected chi connectivity index (χ1v) is 5.11. The summed E-state index contributed by atoms with van der Waals surface area (Å²) in [5.41, 5.74) is 0. The van der Waals surface area contributed by atoms with Gasteiger partial charge >= 0.3 is 0 Å². The van der Waals surface area contributed by atoms with Crippen molar-refractivity contribution in [1.29, 1.82) is 0 Å². The van der Waals surface area contributed by atoms with E-state index in [1.54, 1.807) is 0 Å². The maximum Gasteiger partial charge on any atom is 0.210 e. The van der Waals surface area contributed by atoms with Crippen LogP contribution in [-0.4, -0.2) is 10.5 Å². The molecule has 0 saturated heterocycles. The molecule has 0 aliphatic carbocycles. The van der Waals surface area contributed by atoms with E-state index in [9.17, 15) is 4.57 Å². The average molecular weight is 172 g/mol. The van der Waals surface area contributed by atoms with E-state index in [2.05, 4.69) is 0 Å². The number of hydrogen-bond acceptors (Lipinski definition) is 2. The van der Waals surface area contributed by atoms with Crippen LogP contribution in [0, 0.1) is 0 Å². The molecule has 0 N–H and O–H groups in total. The van der Waals surface area contributed by atoms with Gasteiger partial charge in [0.25, 0.3) is 0 Å². The lowest BCUT2D eigenvalue weighted by Crippen LogP contribution is -1.94. The Kier molecular flexibility index (Phi) is 2.87. The van der Waals surface area contributed by atoms with Crippen LogP contribution in [0.15, 0.2) is 30.3 Å². The second kappa shape index (κ2) is 3.71. The van der Waals surface area contributed by atoms with Crippen molar-refractivity contribution in [2.75, 3.05) is 0 Å². The quantitative estimate of drug-likeness (QED) is 0.466. The third kappa shape index (κ3) is 1.80. The van der Waals surface area contributed by atoms with Gasteiger partial charge in [-0.25, -0.2) is 0 Å². The van der Waals surface area contributed by atoms with Gasteiger partial charge in [0.05, 0.1) is 0 Å². The summed E-state index contributed by atoms with van der Waals surface area (Å²) in [7, 11) is -1.35. The normalized spacial score (nSPS) is 13.2. The van der Waals surface area contributed by atoms with Gasteiger partial charge in [0.1, 0.15) is 0 Å². The monoisotopic (exact) mass is 172 g/mol. The number of benzene rings is 1. The Morgan fingerprint density at radius 1 is 1.30 bits per heavy atom. The van der Waals surface area contributed by atoms with Crippen LogP contribution >= 0.6 is 8.03 Å². The zero-order valence-electron chi connectivity index (χ0n) is 5.70. The Balaban J connectivity index is 2.85. The lowest BCUT2D eigenvalue weighted by Gasteiger charge is -1.96. The Morgan fingerprint density at radius 2 is 1.90 bits per heavy atom. The van der Waals surface area contributed by atoms with E-state index in [1.807, 2.05) is 30.3 Å². The fourth-order valence-corrected chi connectivity index (χ4v) is 2.10. The maximum atomic E-state index is 11.0. The molecule has 0 spiro atoms. The topological polar surface area (TPSA) is 26.3 Å². The summed E-state index contributed by atoms with van der Waals surface area (Å²) < 4.78 is 15.8. The molecule has 1 rings (SSSR count). The summed E-state index contributed by atoms with van der Waals surface area (Å²) >= 11 is 0. The summed E-state index contributed by atoms with van der Waals surface area (Å²) in [6.45, 7) is 0. The van der Waals surface area contributed by atoms with Gasteiger partial charge in [0.2, 0.25) is 8.03 Å². The third-order valence-corrected chi connectivity index (χ3v) is 3.48. The molecule has 0 aliphatic rings. The Labute approximate surface area is 63.6 Å². The highest BCUT2D eigenvalue weighted by Crippen LogP contribution is 2.17. The average Bonchev–Trinajstić information content (AvgIpc) is 2.05. The van der Waals surface area contributed by atoms with Gasteiger partial charge in [-0.3, -0.25) is 4.57 Å². The van der Waals surface area contributed by atoms with Gasteiger partial charge in [-0.05, 0) is 12.1 Å². The van der Waals surface area contributed by atoms with Crippen LogP contribution < -0.4 is 5.30 Å². The smallest absolute Gasteiger partial charge is 0.210 e. The van der Waals surface area contributed by atoms with Crippen molar-refractivity contribution in [2.45, 2.75) is 0 Å². The van der Waals surface area contributed by atoms with Crippen molar-refractivity contribution >= 4 is 23.8 Å². The molecular formula is C6H9O2PSi. The molecule has 10 heavy (non-hydrogen) atoms. The van der Waals surface area contributed by atoms with Crippen molar-refractivity contribution < 1.29 is 8.78 Å². The molecule has 4 heteroatoms. The van der Waals surface area contributed by atoms with E-state index >= 15 is 0 Å². The summed E-state index contributed by atoms with van der Waals surface area (Å²) in [6.07, 6.45) is 0. The maximum absolute atomic E-state index is 11.0. The molecule has 0 heterocycles. The molecule has 0 radical (unpaired) electrons. The first kappa shape index (κ1) is 7.73. The van der Waals surface area contributed by atoms with E-state index in [0.717, 1.165) is 5.30 Å². The predicted molar refractivity (Wildman–Crippen MR) is 46.1 cm³/mol. The molecule has 0 aromatic heterocycles.